The van der Waals surface area contributed by atoms with E-state index in [1.54, 1.807) is 30.3 Å². The van der Waals surface area contributed by atoms with Crippen LogP contribution in [0.4, 0.5) is 5.69 Å². The van der Waals surface area contributed by atoms with Gasteiger partial charge < -0.3 is 14.8 Å². The first-order valence-electron chi connectivity index (χ1n) is 10.3. The van der Waals surface area contributed by atoms with Crippen LogP contribution in [-0.2, 0) is 16.2 Å². The third-order valence-corrected chi connectivity index (χ3v) is 6.40. The molecule has 0 saturated heterocycles. The van der Waals surface area contributed by atoms with Gasteiger partial charge in [0.05, 0.1) is 27.3 Å². The Balaban J connectivity index is 1.66. The number of anilines is 1. The molecule has 3 aromatic carbocycles. The standard InChI is InChI=1S/C24H18BrCl4N3O4/c1-2-35-21-8-13(7-17(25)22(21)36-12-14-3-4-15(26)9-19(14)28)11-30-32-24(34)23(33)31-16-5-6-18(27)20(29)10-16/h3-11H,2,12H2,1H3,(H,31,33)(H,32,34)/b30-11+. The van der Waals surface area contributed by atoms with Gasteiger partial charge in [0.15, 0.2) is 11.5 Å². The van der Waals surface area contributed by atoms with Gasteiger partial charge in [0.25, 0.3) is 0 Å². The minimum atomic E-state index is -0.971. The monoisotopic (exact) mass is 631 g/mol. The van der Waals surface area contributed by atoms with Crippen molar-refractivity contribution in [2.24, 2.45) is 5.10 Å². The van der Waals surface area contributed by atoms with Crippen molar-refractivity contribution in [1.29, 1.82) is 0 Å². The van der Waals surface area contributed by atoms with Crippen LogP contribution in [0, 0.1) is 0 Å². The summed E-state index contributed by atoms with van der Waals surface area (Å²) in [4.78, 5) is 24.2. The third kappa shape index (κ3) is 7.75. The van der Waals surface area contributed by atoms with Gasteiger partial charge in [-0.05, 0) is 70.9 Å². The summed E-state index contributed by atoms with van der Waals surface area (Å²) < 4.78 is 12.2. The molecule has 0 unspecified atom stereocenters. The van der Waals surface area contributed by atoms with Crippen LogP contribution in [0.25, 0.3) is 0 Å². The van der Waals surface area contributed by atoms with Gasteiger partial charge in [-0.25, -0.2) is 5.43 Å². The molecular formula is C24H18BrCl4N3O4. The van der Waals surface area contributed by atoms with E-state index in [0.29, 0.717) is 48.9 Å². The van der Waals surface area contributed by atoms with Gasteiger partial charge in [-0.1, -0.05) is 52.5 Å². The molecule has 0 saturated carbocycles. The molecule has 0 fully saturated rings. The Bertz CT molecular complexity index is 1320. The Labute approximate surface area is 235 Å². The topological polar surface area (TPSA) is 89.0 Å². The second kappa shape index (κ2) is 13.2. The number of ether oxygens (including phenoxy) is 2. The third-order valence-electron chi connectivity index (χ3n) is 4.48. The van der Waals surface area contributed by atoms with Crippen LogP contribution in [0.5, 0.6) is 11.5 Å². The van der Waals surface area contributed by atoms with E-state index >= 15 is 0 Å². The lowest BCUT2D eigenvalue weighted by molar-refractivity contribution is -0.136. The van der Waals surface area contributed by atoms with E-state index in [1.165, 1.54) is 24.4 Å². The molecule has 0 bridgehead atoms. The van der Waals surface area contributed by atoms with Crippen LogP contribution < -0.4 is 20.2 Å². The molecule has 0 spiro atoms. The predicted octanol–water partition coefficient (Wildman–Crippen LogP) is 7.13. The number of halogens is 5. The average molecular weight is 634 g/mol. The van der Waals surface area contributed by atoms with Crippen LogP contribution in [-0.4, -0.2) is 24.6 Å². The maximum Gasteiger partial charge on any atom is 0.329 e. The summed E-state index contributed by atoms with van der Waals surface area (Å²) in [5.74, 6) is -0.986. The molecule has 12 heteroatoms. The van der Waals surface area contributed by atoms with E-state index in [4.69, 9.17) is 55.9 Å². The highest BCUT2D eigenvalue weighted by atomic mass is 79.9. The molecule has 0 aliphatic rings. The number of rotatable bonds is 8. The number of hydrazone groups is 1. The van der Waals surface area contributed by atoms with Crippen molar-refractivity contribution in [1.82, 2.24) is 5.43 Å². The zero-order chi connectivity index (χ0) is 26.2. The van der Waals surface area contributed by atoms with E-state index in [2.05, 4.69) is 31.8 Å². The van der Waals surface area contributed by atoms with E-state index < -0.39 is 11.8 Å². The summed E-state index contributed by atoms with van der Waals surface area (Å²) in [6.07, 6.45) is 1.36. The Hall–Kier alpha value is -2.49. The molecule has 2 N–H and O–H groups in total. The minimum Gasteiger partial charge on any atom is -0.490 e. The maximum atomic E-state index is 12.1. The van der Waals surface area contributed by atoms with Crippen LogP contribution in [0.3, 0.4) is 0 Å². The van der Waals surface area contributed by atoms with Gasteiger partial charge in [0.1, 0.15) is 6.61 Å². The predicted molar refractivity (Wildman–Crippen MR) is 147 cm³/mol. The highest BCUT2D eigenvalue weighted by Crippen LogP contribution is 2.37. The smallest absolute Gasteiger partial charge is 0.329 e. The number of benzene rings is 3. The fourth-order valence-corrected chi connectivity index (χ4v) is 4.17. The van der Waals surface area contributed by atoms with Crippen molar-refractivity contribution >= 4 is 86.1 Å². The lowest BCUT2D eigenvalue weighted by Gasteiger charge is -2.15. The first-order valence-corrected chi connectivity index (χ1v) is 12.6. The Morgan fingerprint density at radius 1 is 0.944 bits per heavy atom. The molecule has 0 aromatic heterocycles. The van der Waals surface area contributed by atoms with E-state index in [1.807, 2.05) is 6.92 Å². The molecule has 0 radical (unpaired) electrons. The summed E-state index contributed by atoms with van der Waals surface area (Å²) in [7, 11) is 0. The van der Waals surface area contributed by atoms with Gasteiger partial charge in [-0.2, -0.15) is 5.10 Å². The van der Waals surface area contributed by atoms with Crippen LogP contribution in [0.15, 0.2) is 58.1 Å². The zero-order valence-corrected chi connectivity index (χ0v) is 23.2. The van der Waals surface area contributed by atoms with Crippen LogP contribution in [0.1, 0.15) is 18.1 Å². The molecule has 7 nitrogen and oxygen atoms in total. The zero-order valence-electron chi connectivity index (χ0n) is 18.6. The summed E-state index contributed by atoms with van der Waals surface area (Å²) in [6.45, 7) is 2.41. The van der Waals surface area contributed by atoms with Gasteiger partial charge in [0, 0.05) is 21.3 Å². The van der Waals surface area contributed by atoms with Crippen molar-refractivity contribution in [3.63, 3.8) is 0 Å². The van der Waals surface area contributed by atoms with Crippen molar-refractivity contribution in [3.8, 4) is 11.5 Å². The van der Waals surface area contributed by atoms with Crippen LogP contribution in [0.2, 0.25) is 20.1 Å². The fraction of sp³-hybridized carbons (Fsp3) is 0.125. The fourth-order valence-electron chi connectivity index (χ4n) is 2.83. The van der Waals surface area contributed by atoms with Gasteiger partial charge in [-0.15, -0.1) is 0 Å². The average Bonchev–Trinajstić information content (AvgIpc) is 2.82. The van der Waals surface area contributed by atoms with E-state index in [-0.39, 0.29) is 11.6 Å². The van der Waals surface area contributed by atoms with Crippen molar-refractivity contribution in [2.75, 3.05) is 11.9 Å². The number of hydrogen-bond donors (Lipinski definition) is 2. The number of amides is 2. The normalized spacial score (nSPS) is 10.8. The van der Waals surface area contributed by atoms with Crippen molar-refractivity contribution in [2.45, 2.75) is 13.5 Å². The number of carbonyl (C=O) groups is 2. The van der Waals surface area contributed by atoms with E-state index in [0.717, 1.165) is 5.56 Å². The summed E-state index contributed by atoms with van der Waals surface area (Å²) in [5.41, 5.74) is 3.81. The van der Waals surface area contributed by atoms with Gasteiger partial charge >= 0.3 is 11.8 Å². The maximum absolute atomic E-state index is 12.1. The minimum absolute atomic E-state index is 0.187. The summed E-state index contributed by atoms with van der Waals surface area (Å²) in [6, 6.07) is 13.0. The molecule has 2 amide bonds. The molecule has 0 aliphatic carbocycles. The van der Waals surface area contributed by atoms with E-state index in [9.17, 15) is 9.59 Å². The molecule has 0 aliphatic heterocycles. The number of nitrogens with one attached hydrogen (secondary N) is 2. The van der Waals surface area contributed by atoms with Crippen molar-refractivity contribution < 1.29 is 19.1 Å². The molecular weight excluding hydrogens is 616 g/mol. The molecule has 0 atom stereocenters. The molecule has 188 valence electrons. The molecule has 3 rings (SSSR count). The Morgan fingerprint density at radius 3 is 2.42 bits per heavy atom. The molecule has 36 heavy (non-hydrogen) atoms. The lowest BCUT2D eigenvalue weighted by atomic mass is 10.2. The highest BCUT2D eigenvalue weighted by Gasteiger charge is 2.15. The quantitative estimate of drug-likeness (QED) is 0.157. The molecule has 3 aromatic rings. The number of nitrogens with zero attached hydrogens (tertiary/aromatic N) is 1. The first kappa shape index (κ1) is 28.1. The van der Waals surface area contributed by atoms with Crippen LogP contribution >= 0.6 is 62.3 Å². The summed E-state index contributed by atoms with van der Waals surface area (Å²) in [5, 5.41) is 7.83. The van der Waals surface area contributed by atoms with Gasteiger partial charge in [0.2, 0.25) is 0 Å². The molecule has 0 heterocycles. The SMILES string of the molecule is CCOc1cc(/C=N/NC(=O)C(=O)Nc2ccc(Cl)c(Cl)c2)cc(Br)c1OCc1ccc(Cl)cc1Cl. The first-order chi connectivity index (χ1) is 17.2. The van der Waals surface area contributed by atoms with Crippen molar-refractivity contribution in [3.05, 3.63) is 84.2 Å². The number of hydrogen-bond acceptors (Lipinski definition) is 5. The lowest BCUT2D eigenvalue weighted by Crippen LogP contribution is -2.32. The Kier molecular flexibility index (Phi) is 10.3. The second-order valence-electron chi connectivity index (χ2n) is 7.07. The summed E-state index contributed by atoms with van der Waals surface area (Å²) >= 11 is 27.4. The second-order valence-corrected chi connectivity index (χ2v) is 9.58. The highest BCUT2D eigenvalue weighted by molar-refractivity contribution is 9.10. The number of carbonyl (C=O) groups excluding carboxylic acids is 2. The Morgan fingerprint density at radius 2 is 1.72 bits per heavy atom. The largest absolute Gasteiger partial charge is 0.490 e. The van der Waals surface area contributed by atoms with Gasteiger partial charge in [-0.3, -0.25) is 9.59 Å².